The number of benzene rings is 3. The summed E-state index contributed by atoms with van der Waals surface area (Å²) in [5.74, 6) is -0.296. The van der Waals surface area contributed by atoms with Crippen LogP contribution in [-0.2, 0) is 26.5 Å². The number of rotatable bonds is 7. The van der Waals surface area contributed by atoms with Gasteiger partial charge in [0.15, 0.2) is 0 Å². The van der Waals surface area contributed by atoms with Crippen LogP contribution in [0.4, 0.5) is 0 Å². The number of esters is 1. The molecule has 3 aromatic rings. The number of piperidine rings is 1. The molecule has 3 heterocycles. The summed E-state index contributed by atoms with van der Waals surface area (Å²) >= 11 is 0. The number of hydrogen-bond acceptors (Lipinski definition) is 3. The van der Waals surface area contributed by atoms with Crippen molar-refractivity contribution in [2.24, 2.45) is 0 Å². The number of hydrogen-bond donors (Lipinski definition) is 0. The molecule has 2 unspecified atom stereocenters. The first-order chi connectivity index (χ1) is 17.7. The Morgan fingerprint density at radius 1 is 0.750 bits per heavy atom. The summed E-state index contributed by atoms with van der Waals surface area (Å²) in [7, 11) is 0. The van der Waals surface area contributed by atoms with E-state index in [2.05, 4.69) is 0 Å². The quantitative estimate of drug-likeness (QED) is 0.306. The van der Waals surface area contributed by atoms with Gasteiger partial charge in [0.2, 0.25) is 5.60 Å². The summed E-state index contributed by atoms with van der Waals surface area (Å²) in [6.07, 6.45) is 7.12. The Kier molecular flexibility index (Phi) is 6.41. The SMILES string of the molecule is O=C(OC1CC2CCC(C1)[N+]21CCCC1)C(OCc1ccccc1)(c1ccccc1)c1ccccc1. The van der Waals surface area contributed by atoms with E-state index in [1.54, 1.807) is 0 Å². The summed E-state index contributed by atoms with van der Waals surface area (Å²) in [5, 5.41) is 0. The summed E-state index contributed by atoms with van der Waals surface area (Å²) in [6.45, 7) is 2.94. The Hall–Kier alpha value is -2.95. The van der Waals surface area contributed by atoms with E-state index in [4.69, 9.17) is 9.47 Å². The van der Waals surface area contributed by atoms with Crippen LogP contribution in [0.5, 0.6) is 0 Å². The average Bonchev–Trinajstić information content (AvgIpc) is 3.47. The number of carbonyl (C=O) groups excluding carboxylic acids is 1. The van der Waals surface area contributed by atoms with E-state index in [9.17, 15) is 4.79 Å². The van der Waals surface area contributed by atoms with Crippen molar-refractivity contribution in [3.05, 3.63) is 108 Å². The van der Waals surface area contributed by atoms with Gasteiger partial charge >= 0.3 is 5.97 Å². The van der Waals surface area contributed by atoms with Crippen LogP contribution in [0.2, 0.25) is 0 Å². The molecule has 4 heteroatoms. The molecule has 3 aliphatic rings. The smallest absolute Gasteiger partial charge is 0.348 e. The molecule has 2 bridgehead atoms. The van der Waals surface area contributed by atoms with Crippen molar-refractivity contribution in [1.82, 2.24) is 0 Å². The maximum absolute atomic E-state index is 14.3. The van der Waals surface area contributed by atoms with Crippen LogP contribution in [0, 0.1) is 0 Å². The van der Waals surface area contributed by atoms with E-state index in [0.717, 1.165) is 29.5 Å². The highest BCUT2D eigenvalue weighted by molar-refractivity contribution is 5.86. The molecule has 36 heavy (non-hydrogen) atoms. The van der Waals surface area contributed by atoms with Gasteiger partial charge in [0, 0.05) is 38.5 Å². The van der Waals surface area contributed by atoms with Crippen LogP contribution in [0.15, 0.2) is 91.0 Å². The number of nitrogens with zero attached hydrogens (tertiary/aromatic N) is 1. The molecular weight excluding hydrogens is 446 g/mol. The minimum absolute atomic E-state index is 0.0496. The Labute approximate surface area is 214 Å². The lowest BCUT2D eigenvalue weighted by Gasteiger charge is -2.47. The van der Waals surface area contributed by atoms with Crippen molar-refractivity contribution in [2.45, 2.75) is 68.9 Å². The van der Waals surface area contributed by atoms with Gasteiger partial charge in [-0.25, -0.2) is 4.79 Å². The van der Waals surface area contributed by atoms with Crippen LogP contribution < -0.4 is 0 Å². The molecule has 6 rings (SSSR count). The topological polar surface area (TPSA) is 35.5 Å². The maximum Gasteiger partial charge on any atom is 0.348 e. The van der Waals surface area contributed by atoms with E-state index < -0.39 is 5.60 Å². The number of quaternary nitrogens is 1. The van der Waals surface area contributed by atoms with Gasteiger partial charge in [0.1, 0.15) is 6.10 Å². The molecule has 0 aliphatic carbocycles. The molecule has 4 nitrogen and oxygen atoms in total. The zero-order valence-electron chi connectivity index (χ0n) is 20.9. The molecule has 0 N–H and O–H groups in total. The molecule has 0 radical (unpaired) electrons. The Morgan fingerprint density at radius 3 is 1.78 bits per heavy atom. The second-order valence-electron chi connectivity index (χ2n) is 10.8. The van der Waals surface area contributed by atoms with E-state index >= 15 is 0 Å². The molecule has 2 atom stereocenters. The van der Waals surface area contributed by atoms with Crippen molar-refractivity contribution >= 4 is 5.97 Å². The lowest BCUT2D eigenvalue weighted by atomic mass is 9.85. The molecule has 0 aromatic heterocycles. The molecule has 3 saturated heterocycles. The van der Waals surface area contributed by atoms with Crippen molar-refractivity contribution < 1.29 is 18.8 Å². The minimum Gasteiger partial charge on any atom is -0.459 e. The summed E-state index contributed by atoms with van der Waals surface area (Å²) < 4.78 is 14.4. The van der Waals surface area contributed by atoms with Crippen LogP contribution in [0.3, 0.4) is 0 Å². The number of ether oxygens (including phenoxy) is 2. The predicted octanol–water partition coefficient (Wildman–Crippen LogP) is 5.99. The second-order valence-corrected chi connectivity index (χ2v) is 10.8. The van der Waals surface area contributed by atoms with Crippen LogP contribution in [0.1, 0.15) is 55.2 Å². The van der Waals surface area contributed by atoms with Crippen LogP contribution in [-0.4, -0.2) is 41.7 Å². The van der Waals surface area contributed by atoms with Crippen molar-refractivity contribution in [1.29, 1.82) is 0 Å². The fraction of sp³-hybridized carbons (Fsp3) is 0.406. The largest absolute Gasteiger partial charge is 0.459 e. The molecule has 3 aromatic carbocycles. The molecule has 0 amide bonds. The third-order valence-electron chi connectivity index (χ3n) is 8.98. The highest BCUT2D eigenvalue weighted by Crippen LogP contribution is 2.47. The molecule has 0 saturated carbocycles. The zero-order chi connectivity index (χ0) is 24.4. The van der Waals surface area contributed by atoms with Crippen molar-refractivity contribution in [2.75, 3.05) is 13.1 Å². The van der Waals surface area contributed by atoms with Crippen LogP contribution >= 0.6 is 0 Å². The normalized spacial score (nSPS) is 24.6. The summed E-state index contributed by atoms with van der Waals surface area (Å²) in [6, 6.07) is 31.1. The lowest BCUT2D eigenvalue weighted by Crippen LogP contribution is -2.60. The van der Waals surface area contributed by atoms with Gasteiger partial charge in [0.25, 0.3) is 0 Å². The minimum atomic E-state index is -1.32. The molecule has 1 spiro atoms. The highest BCUT2D eigenvalue weighted by Gasteiger charge is 2.56. The summed E-state index contributed by atoms with van der Waals surface area (Å²) in [4.78, 5) is 14.3. The first-order valence-electron chi connectivity index (χ1n) is 13.6. The van der Waals surface area contributed by atoms with Crippen LogP contribution in [0.25, 0.3) is 0 Å². The molecular formula is C32H36NO3+. The maximum atomic E-state index is 14.3. The standard InChI is InChI=1S/C32H36NO3/c34-31(36-30-22-28-18-19-29(23-30)33(28)20-10-11-21-33)32(26-14-6-2-7-15-26,27-16-8-3-9-17-27)35-24-25-12-4-1-5-13-25/h1-9,12-17,28-30H,10-11,18-24H2/q+1. The number of carbonyl (C=O) groups is 1. The Balaban J connectivity index is 1.33. The lowest BCUT2D eigenvalue weighted by molar-refractivity contribution is -0.956. The van der Waals surface area contributed by atoms with Crippen molar-refractivity contribution in [3.63, 3.8) is 0 Å². The fourth-order valence-corrected chi connectivity index (χ4v) is 7.28. The second kappa shape index (κ2) is 9.84. The third-order valence-corrected chi connectivity index (χ3v) is 8.98. The van der Waals surface area contributed by atoms with Gasteiger partial charge in [-0.05, 0) is 16.7 Å². The Bertz CT molecular complexity index is 1100. The van der Waals surface area contributed by atoms with Gasteiger partial charge in [-0.2, -0.15) is 0 Å². The van der Waals surface area contributed by atoms with Crippen molar-refractivity contribution in [3.8, 4) is 0 Å². The van der Waals surface area contributed by atoms with Gasteiger partial charge in [-0.3, -0.25) is 0 Å². The summed E-state index contributed by atoms with van der Waals surface area (Å²) in [5.41, 5.74) is 1.31. The van der Waals surface area contributed by atoms with E-state index in [1.807, 2.05) is 91.0 Å². The molecule has 3 fully saturated rings. The monoisotopic (exact) mass is 482 g/mol. The zero-order valence-corrected chi connectivity index (χ0v) is 20.9. The highest BCUT2D eigenvalue weighted by atomic mass is 16.6. The van der Waals surface area contributed by atoms with Gasteiger partial charge in [-0.1, -0.05) is 91.0 Å². The third kappa shape index (κ3) is 4.07. The van der Waals surface area contributed by atoms with E-state index in [-0.39, 0.29) is 12.1 Å². The first kappa shape index (κ1) is 23.4. The Morgan fingerprint density at radius 2 is 1.25 bits per heavy atom. The van der Waals surface area contributed by atoms with Gasteiger partial charge in [-0.15, -0.1) is 0 Å². The van der Waals surface area contributed by atoms with E-state index in [0.29, 0.717) is 18.7 Å². The molecule has 186 valence electrons. The van der Waals surface area contributed by atoms with Gasteiger partial charge in [0.05, 0.1) is 31.8 Å². The predicted molar refractivity (Wildman–Crippen MR) is 140 cm³/mol. The average molecular weight is 483 g/mol. The van der Waals surface area contributed by atoms with Gasteiger partial charge < -0.3 is 14.0 Å². The fourth-order valence-electron chi connectivity index (χ4n) is 7.28. The first-order valence-corrected chi connectivity index (χ1v) is 13.6. The molecule has 3 aliphatic heterocycles. The van der Waals surface area contributed by atoms with E-state index in [1.165, 1.54) is 43.3 Å².